The van der Waals surface area contributed by atoms with Gasteiger partial charge in [-0.2, -0.15) is 0 Å². The van der Waals surface area contributed by atoms with Crippen LogP contribution in [0.3, 0.4) is 0 Å². The number of hydrogen-bond acceptors (Lipinski definition) is 3. The van der Waals surface area contributed by atoms with Gasteiger partial charge in [-0.05, 0) is 26.0 Å². The minimum atomic E-state index is -0.142. The average Bonchev–Trinajstić information content (AvgIpc) is 3.15. The molecule has 0 saturated carbocycles. The smallest absolute Gasteiger partial charge is 0.325 e. The third-order valence-corrected chi connectivity index (χ3v) is 4.37. The van der Waals surface area contributed by atoms with Gasteiger partial charge < -0.3 is 14.8 Å². The molecule has 132 valence electrons. The second kappa shape index (κ2) is 7.38. The Kier molecular flexibility index (Phi) is 5.02. The van der Waals surface area contributed by atoms with E-state index in [-0.39, 0.29) is 18.5 Å². The van der Waals surface area contributed by atoms with Crippen LogP contribution in [0, 0.1) is 13.8 Å². The largest absolute Gasteiger partial charge is 0.353 e. The Morgan fingerprint density at radius 1 is 1.20 bits per heavy atom. The molecule has 0 bridgehead atoms. The number of carbonyl (C=O) groups is 2. The molecule has 1 aromatic carbocycles. The number of aryl methyl sites for hydroxylation is 2. The van der Waals surface area contributed by atoms with Crippen LogP contribution < -0.4 is 10.2 Å². The highest BCUT2D eigenvalue weighted by molar-refractivity contribution is 5.96. The van der Waals surface area contributed by atoms with Crippen LogP contribution >= 0.6 is 0 Å². The summed E-state index contributed by atoms with van der Waals surface area (Å²) >= 11 is 0. The number of nitrogens with one attached hydrogen (secondary N) is 1. The minimum Gasteiger partial charge on any atom is -0.353 e. The lowest BCUT2D eigenvalue weighted by atomic mass is 10.2. The van der Waals surface area contributed by atoms with Crippen molar-refractivity contribution in [3.05, 3.63) is 48.0 Å². The second-order valence-electron chi connectivity index (χ2n) is 6.21. The van der Waals surface area contributed by atoms with Crippen molar-refractivity contribution in [1.82, 2.24) is 19.8 Å². The molecule has 0 atom stereocenters. The van der Waals surface area contributed by atoms with E-state index in [0.29, 0.717) is 26.2 Å². The van der Waals surface area contributed by atoms with Crippen molar-refractivity contribution in [2.24, 2.45) is 0 Å². The van der Waals surface area contributed by atoms with E-state index in [1.165, 1.54) is 0 Å². The van der Waals surface area contributed by atoms with E-state index >= 15 is 0 Å². The number of rotatable bonds is 6. The lowest BCUT2D eigenvalue weighted by molar-refractivity contribution is -0.121. The molecule has 1 aromatic heterocycles. The maximum atomic E-state index is 12.5. The summed E-state index contributed by atoms with van der Waals surface area (Å²) in [6, 6.07) is 7.71. The summed E-state index contributed by atoms with van der Waals surface area (Å²) in [5.41, 5.74) is 2.02. The Bertz CT molecular complexity index is 753. The Morgan fingerprint density at radius 3 is 2.64 bits per heavy atom. The average molecular weight is 341 g/mol. The van der Waals surface area contributed by atoms with E-state index in [1.807, 2.05) is 48.9 Å². The Hall–Kier alpha value is -2.83. The highest BCUT2D eigenvalue weighted by Gasteiger charge is 2.30. The van der Waals surface area contributed by atoms with Crippen molar-refractivity contribution in [2.45, 2.75) is 20.4 Å². The van der Waals surface area contributed by atoms with Gasteiger partial charge in [0, 0.05) is 44.3 Å². The zero-order valence-corrected chi connectivity index (χ0v) is 14.6. The summed E-state index contributed by atoms with van der Waals surface area (Å²) in [5.74, 6) is 0.773. The first kappa shape index (κ1) is 17.0. The normalized spacial score (nSPS) is 14.2. The van der Waals surface area contributed by atoms with E-state index in [0.717, 1.165) is 17.1 Å². The third kappa shape index (κ3) is 3.99. The van der Waals surface area contributed by atoms with Crippen LogP contribution in [0.4, 0.5) is 10.5 Å². The first-order valence-corrected chi connectivity index (χ1v) is 8.42. The Morgan fingerprint density at radius 2 is 1.96 bits per heavy atom. The predicted octanol–water partition coefficient (Wildman–Crippen LogP) is 1.56. The molecule has 2 aromatic rings. The Balaban J connectivity index is 1.48. The van der Waals surface area contributed by atoms with Gasteiger partial charge in [0.2, 0.25) is 5.91 Å². The van der Waals surface area contributed by atoms with E-state index in [9.17, 15) is 9.59 Å². The number of carbonyl (C=O) groups excluding carboxylic acids is 2. The number of amides is 3. The van der Waals surface area contributed by atoms with Crippen molar-refractivity contribution >= 4 is 17.6 Å². The van der Waals surface area contributed by atoms with E-state index in [4.69, 9.17) is 0 Å². The van der Waals surface area contributed by atoms with Crippen LogP contribution in [-0.4, -0.2) is 52.6 Å². The van der Waals surface area contributed by atoms with Gasteiger partial charge in [-0.1, -0.05) is 17.7 Å². The third-order valence-electron chi connectivity index (χ3n) is 4.37. The molecule has 0 spiro atoms. The number of benzene rings is 1. The van der Waals surface area contributed by atoms with Gasteiger partial charge in [0.25, 0.3) is 0 Å². The second-order valence-corrected chi connectivity index (χ2v) is 6.21. The van der Waals surface area contributed by atoms with E-state index in [2.05, 4.69) is 10.3 Å². The van der Waals surface area contributed by atoms with Gasteiger partial charge in [0.15, 0.2) is 0 Å². The molecule has 1 N–H and O–H groups in total. The first-order valence-electron chi connectivity index (χ1n) is 8.42. The van der Waals surface area contributed by atoms with Crippen molar-refractivity contribution in [3.8, 4) is 0 Å². The summed E-state index contributed by atoms with van der Waals surface area (Å²) in [7, 11) is 0. The molecule has 0 unspecified atom stereocenters. The van der Waals surface area contributed by atoms with Gasteiger partial charge >= 0.3 is 6.03 Å². The van der Waals surface area contributed by atoms with Crippen molar-refractivity contribution in [2.75, 3.05) is 31.1 Å². The summed E-state index contributed by atoms with van der Waals surface area (Å²) in [6.07, 6.45) is 3.62. The topological polar surface area (TPSA) is 70.5 Å². The summed E-state index contributed by atoms with van der Waals surface area (Å²) in [4.78, 5) is 32.0. The standard InChI is InChI=1S/C18H23N5O2/c1-14-3-5-16(6-4-14)23-12-11-22(18(23)25)13-17(24)20-8-10-21-9-7-19-15(21)2/h3-7,9H,8,10-13H2,1-2H3,(H,20,24). The molecule has 7 nitrogen and oxygen atoms in total. The maximum absolute atomic E-state index is 12.5. The number of hydrogen-bond donors (Lipinski definition) is 1. The lowest BCUT2D eigenvalue weighted by Gasteiger charge is -2.18. The van der Waals surface area contributed by atoms with Crippen LogP contribution in [0.25, 0.3) is 0 Å². The Labute approximate surface area is 147 Å². The summed E-state index contributed by atoms with van der Waals surface area (Å²) < 4.78 is 1.97. The van der Waals surface area contributed by atoms with Crippen molar-refractivity contribution in [3.63, 3.8) is 0 Å². The molecule has 1 saturated heterocycles. The van der Waals surface area contributed by atoms with Crippen LogP contribution in [0.15, 0.2) is 36.7 Å². The molecule has 0 radical (unpaired) electrons. The lowest BCUT2D eigenvalue weighted by Crippen LogP contribution is -2.40. The van der Waals surface area contributed by atoms with Crippen LogP contribution in [0.1, 0.15) is 11.4 Å². The molecule has 1 fully saturated rings. The maximum Gasteiger partial charge on any atom is 0.325 e. The van der Waals surface area contributed by atoms with Crippen LogP contribution in [0.5, 0.6) is 0 Å². The molecule has 2 heterocycles. The first-order chi connectivity index (χ1) is 12.0. The number of urea groups is 1. The van der Waals surface area contributed by atoms with Gasteiger partial charge in [0.1, 0.15) is 12.4 Å². The number of nitrogens with zero attached hydrogens (tertiary/aromatic N) is 4. The summed E-state index contributed by atoms with van der Waals surface area (Å²) in [6.45, 7) is 6.36. The molecule has 1 aliphatic rings. The monoisotopic (exact) mass is 341 g/mol. The predicted molar refractivity (Wildman–Crippen MR) is 95.5 cm³/mol. The van der Waals surface area contributed by atoms with Crippen LogP contribution in [-0.2, 0) is 11.3 Å². The van der Waals surface area contributed by atoms with Gasteiger partial charge in [0.05, 0.1) is 0 Å². The molecule has 0 aliphatic carbocycles. The number of imidazole rings is 1. The SMILES string of the molecule is Cc1ccc(N2CCN(CC(=O)NCCn3ccnc3C)C2=O)cc1. The summed E-state index contributed by atoms with van der Waals surface area (Å²) in [5, 5.41) is 2.86. The number of aromatic nitrogens is 2. The zero-order chi connectivity index (χ0) is 17.8. The molecule has 25 heavy (non-hydrogen) atoms. The highest BCUT2D eigenvalue weighted by atomic mass is 16.2. The molecule has 1 aliphatic heterocycles. The highest BCUT2D eigenvalue weighted by Crippen LogP contribution is 2.20. The van der Waals surface area contributed by atoms with Gasteiger partial charge in [-0.25, -0.2) is 9.78 Å². The van der Waals surface area contributed by atoms with E-state index in [1.54, 1.807) is 16.0 Å². The van der Waals surface area contributed by atoms with E-state index < -0.39 is 0 Å². The minimum absolute atomic E-state index is 0.0874. The molecule has 3 amide bonds. The molecular weight excluding hydrogens is 318 g/mol. The van der Waals surface area contributed by atoms with Crippen molar-refractivity contribution in [1.29, 1.82) is 0 Å². The van der Waals surface area contributed by atoms with Crippen LogP contribution in [0.2, 0.25) is 0 Å². The zero-order valence-electron chi connectivity index (χ0n) is 14.6. The molecular formula is C18H23N5O2. The number of anilines is 1. The fraction of sp³-hybridized carbons (Fsp3) is 0.389. The van der Waals surface area contributed by atoms with Gasteiger partial charge in [-0.15, -0.1) is 0 Å². The molecule has 3 rings (SSSR count). The fourth-order valence-corrected chi connectivity index (χ4v) is 2.88. The van der Waals surface area contributed by atoms with Crippen molar-refractivity contribution < 1.29 is 9.59 Å². The fourth-order valence-electron chi connectivity index (χ4n) is 2.88. The molecule has 7 heteroatoms. The van der Waals surface area contributed by atoms with Gasteiger partial charge in [-0.3, -0.25) is 9.69 Å². The quantitative estimate of drug-likeness (QED) is 0.867.